The molecule has 0 saturated carbocycles. The molecule has 2 heterocycles. The van der Waals surface area contributed by atoms with E-state index in [1.165, 1.54) is 24.3 Å². The molecule has 2 aromatic carbocycles. The fourth-order valence-electron chi connectivity index (χ4n) is 2.85. The van der Waals surface area contributed by atoms with Crippen molar-refractivity contribution in [2.24, 2.45) is 0 Å². The van der Waals surface area contributed by atoms with Crippen LogP contribution < -0.4 is 4.74 Å². The smallest absolute Gasteiger partial charge is 0.342 e. The highest BCUT2D eigenvalue weighted by molar-refractivity contribution is 5.92. The quantitative estimate of drug-likeness (QED) is 0.403. The van der Waals surface area contributed by atoms with E-state index in [9.17, 15) is 9.18 Å². The lowest BCUT2D eigenvalue weighted by Gasteiger charge is -2.10. The highest BCUT2D eigenvalue weighted by Gasteiger charge is 2.17. The van der Waals surface area contributed by atoms with Gasteiger partial charge in [0.2, 0.25) is 5.82 Å². The van der Waals surface area contributed by atoms with Crippen molar-refractivity contribution in [2.75, 3.05) is 0 Å². The minimum absolute atomic E-state index is 0.182. The number of benzene rings is 2. The van der Waals surface area contributed by atoms with Crippen LogP contribution in [0.2, 0.25) is 0 Å². The molecule has 0 aliphatic heterocycles. The summed E-state index contributed by atoms with van der Waals surface area (Å²) in [5.41, 5.74) is 2.37. The van der Waals surface area contributed by atoms with E-state index in [0.717, 1.165) is 11.3 Å². The second kappa shape index (κ2) is 8.78. The third-order valence-corrected chi connectivity index (χ3v) is 4.55. The first-order valence-corrected chi connectivity index (χ1v) is 9.40. The van der Waals surface area contributed by atoms with E-state index in [2.05, 4.69) is 15.3 Å². The van der Waals surface area contributed by atoms with Gasteiger partial charge in [0.15, 0.2) is 6.61 Å². The van der Waals surface area contributed by atoms with Gasteiger partial charge in [0, 0.05) is 5.56 Å². The van der Waals surface area contributed by atoms with E-state index in [1.54, 1.807) is 31.2 Å². The molecule has 0 unspecified atom stereocenters. The van der Waals surface area contributed by atoms with Gasteiger partial charge in [-0.05, 0) is 50.2 Å². The molecule has 0 amide bonds. The molecule has 0 bridgehead atoms. The molecule has 9 heteroatoms. The summed E-state index contributed by atoms with van der Waals surface area (Å²) in [7, 11) is 0. The number of carbonyl (C=O) groups is 1. The normalized spacial score (nSPS) is 10.8. The van der Waals surface area contributed by atoms with Crippen LogP contribution in [0.15, 0.2) is 57.6 Å². The maximum Gasteiger partial charge on any atom is 0.342 e. The maximum atomic E-state index is 13.0. The molecule has 8 nitrogen and oxygen atoms in total. The third kappa shape index (κ3) is 4.61. The van der Waals surface area contributed by atoms with Crippen LogP contribution in [0.1, 0.15) is 33.2 Å². The number of esters is 1. The fourth-order valence-corrected chi connectivity index (χ4v) is 2.85. The Morgan fingerprint density at radius 3 is 2.52 bits per heavy atom. The third-order valence-electron chi connectivity index (χ3n) is 4.55. The fraction of sp³-hybridized carbons (Fsp3) is 0.182. The van der Waals surface area contributed by atoms with E-state index in [4.69, 9.17) is 18.5 Å². The maximum absolute atomic E-state index is 13.0. The molecule has 0 saturated heterocycles. The molecular weight excluding hydrogens is 405 g/mol. The Morgan fingerprint density at radius 1 is 1.00 bits per heavy atom. The summed E-state index contributed by atoms with van der Waals surface area (Å²) in [6, 6.07) is 12.4. The Labute approximate surface area is 176 Å². The Hall–Kier alpha value is -4.01. The van der Waals surface area contributed by atoms with Crippen molar-refractivity contribution in [3.63, 3.8) is 0 Å². The largest absolute Gasteiger partial charge is 0.488 e. The molecule has 0 fully saturated rings. The average Bonchev–Trinajstić information content (AvgIpc) is 3.38. The van der Waals surface area contributed by atoms with Crippen LogP contribution in [0.25, 0.3) is 11.5 Å². The van der Waals surface area contributed by atoms with Gasteiger partial charge in [-0.3, -0.25) is 0 Å². The predicted molar refractivity (Wildman–Crippen MR) is 106 cm³/mol. The van der Waals surface area contributed by atoms with Crippen LogP contribution in [0.5, 0.6) is 5.75 Å². The average molecular weight is 423 g/mol. The molecule has 158 valence electrons. The van der Waals surface area contributed by atoms with Gasteiger partial charge in [-0.2, -0.15) is 4.98 Å². The molecule has 31 heavy (non-hydrogen) atoms. The number of aromatic nitrogens is 3. The zero-order valence-corrected chi connectivity index (χ0v) is 16.8. The van der Waals surface area contributed by atoms with Gasteiger partial charge < -0.3 is 18.5 Å². The number of halogens is 1. The Kier molecular flexibility index (Phi) is 5.74. The number of nitrogens with zero attached hydrogens (tertiary/aromatic N) is 3. The van der Waals surface area contributed by atoms with Crippen molar-refractivity contribution in [3.05, 3.63) is 82.8 Å². The van der Waals surface area contributed by atoms with E-state index in [1.807, 2.05) is 6.92 Å². The van der Waals surface area contributed by atoms with Crippen molar-refractivity contribution < 1.29 is 27.7 Å². The highest BCUT2D eigenvalue weighted by Crippen LogP contribution is 2.23. The molecule has 4 rings (SSSR count). The molecule has 0 aliphatic carbocycles. The van der Waals surface area contributed by atoms with Crippen LogP contribution in [0, 0.1) is 19.7 Å². The summed E-state index contributed by atoms with van der Waals surface area (Å²) < 4.78 is 34.4. The Morgan fingerprint density at radius 2 is 1.77 bits per heavy atom. The number of hydrogen-bond donors (Lipinski definition) is 0. The highest BCUT2D eigenvalue weighted by atomic mass is 19.1. The molecular formula is C22H18FN3O5. The zero-order chi connectivity index (χ0) is 21.8. The van der Waals surface area contributed by atoms with Crippen LogP contribution >= 0.6 is 0 Å². The second-order valence-corrected chi connectivity index (χ2v) is 6.69. The van der Waals surface area contributed by atoms with Gasteiger partial charge in [0.05, 0.1) is 11.3 Å². The van der Waals surface area contributed by atoms with E-state index in [0.29, 0.717) is 17.1 Å². The molecule has 0 atom stereocenters. The molecule has 0 N–H and O–H groups in total. The summed E-state index contributed by atoms with van der Waals surface area (Å²) in [5.74, 6) is 0.449. The van der Waals surface area contributed by atoms with Crippen molar-refractivity contribution in [1.29, 1.82) is 0 Å². The zero-order valence-electron chi connectivity index (χ0n) is 16.8. The first-order chi connectivity index (χ1) is 15.0. The van der Waals surface area contributed by atoms with Gasteiger partial charge in [0.25, 0.3) is 5.89 Å². The number of rotatable bonds is 7. The lowest BCUT2D eigenvalue weighted by Crippen LogP contribution is -2.09. The molecule has 4 aromatic rings. The lowest BCUT2D eigenvalue weighted by atomic mass is 10.2. The molecule has 0 spiro atoms. The Balaban J connectivity index is 1.41. The lowest BCUT2D eigenvalue weighted by molar-refractivity contribution is 0.0454. The number of aryl methyl sites for hydroxylation is 2. The summed E-state index contributed by atoms with van der Waals surface area (Å²) in [4.78, 5) is 16.7. The van der Waals surface area contributed by atoms with Crippen LogP contribution in [-0.2, 0) is 18.0 Å². The molecule has 0 radical (unpaired) electrons. The topological polar surface area (TPSA) is 100 Å². The molecule has 2 aromatic heterocycles. The minimum Gasteiger partial charge on any atom is -0.488 e. The SMILES string of the molecule is Cc1noc(C)c1COc1ccccc1C(=O)OCc1noc(-c2ccc(F)cc2)n1. The van der Waals surface area contributed by atoms with Crippen molar-refractivity contribution in [3.8, 4) is 17.2 Å². The van der Waals surface area contributed by atoms with Crippen molar-refractivity contribution in [1.82, 2.24) is 15.3 Å². The van der Waals surface area contributed by atoms with Gasteiger partial charge in [-0.25, -0.2) is 9.18 Å². The number of hydrogen-bond acceptors (Lipinski definition) is 8. The van der Waals surface area contributed by atoms with Crippen LogP contribution in [-0.4, -0.2) is 21.3 Å². The number of carbonyl (C=O) groups excluding carboxylic acids is 1. The number of para-hydroxylation sites is 1. The summed E-state index contributed by atoms with van der Waals surface area (Å²) in [6.45, 7) is 3.63. The van der Waals surface area contributed by atoms with Gasteiger partial charge in [-0.1, -0.05) is 22.4 Å². The Bertz CT molecular complexity index is 1180. The first-order valence-electron chi connectivity index (χ1n) is 9.40. The van der Waals surface area contributed by atoms with Gasteiger partial charge in [0.1, 0.15) is 29.5 Å². The standard InChI is InChI=1S/C22H18FN3O5/c1-13-18(14(2)30-25-13)11-28-19-6-4-3-5-17(19)22(27)29-12-20-24-21(31-26-20)15-7-9-16(23)10-8-15/h3-10H,11-12H2,1-2H3. The van der Waals surface area contributed by atoms with Crippen LogP contribution in [0.3, 0.4) is 0 Å². The number of ether oxygens (including phenoxy) is 2. The van der Waals surface area contributed by atoms with E-state index >= 15 is 0 Å². The monoisotopic (exact) mass is 423 g/mol. The van der Waals surface area contributed by atoms with E-state index < -0.39 is 5.97 Å². The summed E-state index contributed by atoms with van der Waals surface area (Å²) in [6.07, 6.45) is 0. The van der Waals surface area contributed by atoms with Crippen molar-refractivity contribution >= 4 is 5.97 Å². The van der Waals surface area contributed by atoms with Gasteiger partial charge in [-0.15, -0.1) is 0 Å². The second-order valence-electron chi connectivity index (χ2n) is 6.69. The first kappa shape index (κ1) is 20.3. The summed E-state index contributed by atoms with van der Waals surface area (Å²) >= 11 is 0. The predicted octanol–water partition coefficient (Wildman–Crippen LogP) is 4.42. The molecule has 0 aliphatic rings. The summed E-state index contributed by atoms with van der Waals surface area (Å²) in [5, 5.41) is 7.68. The minimum atomic E-state index is -0.595. The van der Waals surface area contributed by atoms with Gasteiger partial charge >= 0.3 is 5.97 Å². The van der Waals surface area contributed by atoms with E-state index in [-0.39, 0.29) is 36.3 Å². The van der Waals surface area contributed by atoms with Crippen LogP contribution in [0.4, 0.5) is 4.39 Å². The van der Waals surface area contributed by atoms with Crippen molar-refractivity contribution in [2.45, 2.75) is 27.1 Å².